The molecule has 0 saturated carbocycles. The predicted octanol–water partition coefficient (Wildman–Crippen LogP) is 3.99. The lowest BCUT2D eigenvalue weighted by Gasteiger charge is -2.36. The summed E-state index contributed by atoms with van der Waals surface area (Å²) in [5, 5.41) is 12.4. The first-order valence-electron chi connectivity index (χ1n) is 11.2. The molecule has 1 aliphatic carbocycles. The van der Waals surface area contributed by atoms with Crippen molar-refractivity contribution in [3.05, 3.63) is 58.7 Å². The highest BCUT2D eigenvalue weighted by Gasteiger charge is 2.36. The molecule has 32 heavy (non-hydrogen) atoms. The Kier molecular flexibility index (Phi) is 5.84. The third-order valence-corrected chi connectivity index (χ3v) is 6.59. The van der Waals surface area contributed by atoms with Crippen LogP contribution in [-0.2, 0) is 24.7 Å². The molecule has 0 radical (unpaired) electrons. The normalized spacial score (nSPS) is 17.1. The summed E-state index contributed by atoms with van der Waals surface area (Å²) in [6.07, 6.45) is 4.87. The van der Waals surface area contributed by atoms with Crippen LogP contribution in [0.15, 0.2) is 30.5 Å². The Labute approximate surface area is 189 Å². The second kappa shape index (κ2) is 8.45. The number of hydrogen-bond donors (Lipinski definition) is 1. The lowest BCUT2D eigenvalue weighted by atomic mass is 9.74. The Morgan fingerprint density at radius 1 is 1.25 bits per heavy atom. The fraction of sp³-hybridized carbons (Fsp3) is 0.480. The number of methoxy groups -OCH3 is 1. The second-order valence-electron chi connectivity index (χ2n) is 9.59. The summed E-state index contributed by atoms with van der Waals surface area (Å²) in [6, 6.07) is 7.88. The molecule has 2 aromatic heterocycles. The molecule has 0 bridgehead atoms. The Morgan fingerprint density at radius 2 is 1.97 bits per heavy atom. The van der Waals surface area contributed by atoms with Crippen LogP contribution in [0, 0.1) is 19.3 Å². The summed E-state index contributed by atoms with van der Waals surface area (Å²) >= 11 is 0. The van der Waals surface area contributed by atoms with E-state index < -0.39 is 0 Å². The van der Waals surface area contributed by atoms with Gasteiger partial charge in [-0.1, -0.05) is 13.8 Å². The van der Waals surface area contributed by atoms with Crippen LogP contribution in [0.25, 0.3) is 5.69 Å². The predicted molar refractivity (Wildman–Crippen MR) is 124 cm³/mol. The Balaban J connectivity index is 1.53. The van der Waals surface area contributed by atoms with Crippen molar-refractivity contribution >= 4 is 5.91 Å². The van der Waals surface area contributed by atoms with Crippen molar-refractivity contribution < 1.29 is 9.53 Å². The fourth-order valence-electron chi connectivity index (χ4n) is 4.80. The van der Waals surface area contributed by atoms with E-state index in [2.05, 4.69) is 36.3 Å². The molecule has 3 aromatic rings. The molecule has 0 fully saturated rings. The van der Waals surface area contributed by atoms with E-state index in [1.165, 1.54) is 5.56 Å². The molecule has 1 N–H and O–H groups in total. The van der Waals surface area contributed by atoms with Gasteiger partial charge in [-0.15, -0.1) is 0 Å². The highest BCUT2D eigenvalue weighted by atomic mass is 16.5. The van der Waals surface area contributed by atoms with Gasteiger partial charge in [-0.25, -0.2) is 4.68 Å². The first-order valence-corrected chi connectivity index (χ1v) is 11.2. The number of benzene rings is 1. The molecule has 7 nitrogen and oxygen atoms in total. The summed E-state index contributed by atoms with van der Waals surface area (Å²) in [5.74, 6) is 0.887. The van der Waals surface area contributed by atoms with E-state index >= 15 is 0 Å². The van der Waals surface area contributed by atoms with E-state index in [0.717, 1.165) is 46.9 Å². The number of rotatable bonds is 6. The number of amides is 1. The van der Waals surface area contributed by atoms with Crippen molar-refractivity contribution in [2.45, 2.75) is 59.4 Å². The van der Waals surface area contributed by atoms with Crippen molar-refractivity contribution in [3.8, 4) is 11.4 Å². The standard InChI is InChI=1S/C25H33N5O2/c1-16-20(17(2)29(5)28-16)11-12-24(31)27-22-13-25(3,4)14-23-21(22)15-26-30(23)18-7-9-19(32-6)10-8-18/h7-10,15,22H,11-14H2,1-6H3,(H,27,31). The third kappa shape index (κ3) is 4.29. The zero-order chi connectivity index (χ0) is 23.0. The van der Waals surface area contributed by atoms with Crippen LogP contribution in [0.5, 0.6) is 5.75 Å². The number of hydrogen-bond acceptors (Lipinski definition) is 4. The summed E-state index contributed by atoms with van der Waals surface area (Å²) < 4.78 is 9.16. The van der Waals surface area contributed by atoms with Crippen LogP contribution in [0.3, 0.4) is 0 Å². The van der Waals surface area contributed by atoms with Crippen LogP contribution >= 0.6 is 0 Å². The maximum atomic E-state index is 12.9. The van der Waals surface area contributed by atoms with E-state index in [0.29, 0.717) is 12.8 Å². The number of ether oxygens (including phenoxy) is 1. The average molecular weight is 436 g/mol. The lowest BCUT2D eigenvalue weighted by molar-refractivity contribution is -0.122. The molecule has 170 valence electrons. The third-order valence-electron chi connectivity index (χ3n) is 6.59. The minimum atomic E-state index is -0.0376. The fourth-order valence-corrected chi connectivity index (χ4v) is 4.80. The topological polar surface area (TPSA) is 74.0 Å². The van der Waals surface area contributed by atoms with Gasteiger partial charge in [-0.3, -0.25) is 9.48 Å². The first kappa shape index (κ1) is 22.1. The summed E-state index contributed by atoms with van der Waals surface area (Å²) in [7, 11) is 3.61. The number of fused-ring (bicyclic) bond motifs is 1. The van der Waals surface area contributed by atoms with Gasteiger partial charge in [-0.2, -0.15) is 10.2 Å². The van der Waals surface area contributed by atoms with Gasteiger partial charge in [0.25, 0.3) is 0 Å². The van der Waals surface area contributed by atoms with Gasteiger partial charge in [0.15, 0.2) is 0 Å². The van der Waals surface area contributed by atoms with Gasteiger partial charge in [-0.05, 0) is 68.4 Å². The minimum Gasteiger partial charge on any atom is -0.497 e. The average Bonchev–Trinajstić information content (AvgIpc) is 3.26. The smallest absolute Gasteiger partial charge is 0.220 e. The van der Waals surface area contributed by atoms with Gasteiger partial charge < -0.3 is 10.1 Å². The highest BCUT2D eigenvalue weighted by Crippen LogP contribution is 2.41. The molecule has 1 atom stereocenters. The van der Waals surface area contributed by atoms with Crippen molar-refractivity contribution in [2.24, 2.45) is 12.5 Å². The number of nitrogens with zero attached hydrogens (tertiary/aromatic N) is 4. The molecule has 1 aromatic carbocycles. The SMILES string of the molecule is COc1ccc(-n2ncc3c2CC(C)(C)CC3NC(=O)CCc2c(C)nn(C)c2C)cc1. The Hall–Kier alpha value is -3.09. The first-order chi connectivity index (χ1) is 15.2. The van der Waals surface area contributed by atoms with E-state index in [1.54, 1.807) is 7.11 Å². The number of aromatic nitrogens is 4. The number of nitrogens with one attached hydrogen (secondary N) is 1. The molecular formula is C25H33N5O2. The van der Waals surface area contributed by atoms with E-state index in [1.807, 2.05) is 53.8 Å². The quantitative estimate of drug-likeness (QED) is 0.635. The number of carbonyl (C=O) groups is 1. The maximum absolute atomic E-state index is 12.9. The van der Waals surface area contributed by atoms with E-state index in [-0.39, 0.29) is 17.4 Å². The summed E-state index contributed by atoms with van der Waals surface area (Å²) in [6.45, 7) is 8.56. The van der Waals surface area contributed by atoms with Crippen LogP contribution in [0.1, 0.15) is 60.9 Å². The lowest BCUT2D eigenvalue weighted by Crippen LogP contribution is -2.36. The molecule has 1 aliphatic rings. The van der Waals surface area contributed by atoms with Crippen LogP contribution in [0.4, 0.5) is 0 Å². The zero-order valence-corrected chi connectivity index (χ0v) is 19.9. The molecule has 0 saturated heterocycles. The second-order valence-corrected chi connectivity index (χ2v) is 9.59. The molecular weight excluding hydrogens is 402 g/mol. The van der Waals surface area contributed by atoms with Gasteiger partial charge >= 0.3 is 0 Å². The van der Waals surface area contributed by atoms with Gasteiger partial charge in [0, 0.05) is 24.7 Å². The molecule has 2 heterocycles. The van der Waals surface area contributed by atoms with Crippen molar-refractivity contribution in [1.29, 1.82) is 0 Å². The van der Waals surface area contributed by atoms with Crippen LogP contribution in [0.2, 0.25) is 0 Å². The van der Waals surface area contributed by atoms with Crippen LogP contribution < -0.4 is 10.1 Å². The largest absolute Gasteiger partial charge is 0.497 e. The minimum absolute atomic E-state index is 0.0376. The van der Waals surface area contributed by atoms with Gasteiger partial charge in [0.2, 0.25) is 5.91 Å². The highest BCUT2D eigenvalue weighted by molar-refractivity contribution is 5.77. The molecule has 1 unspecified atom stereocenters. The van der Waals surface area contributed by atoms with Gasteiger partial charge in [0.05, 0.1) is 36.4 Å². The van der Waals surface area contributed by atoms with Crippen molar-refractivity contribution in [1.82, 2.24) is 24.9 Å². The number of carbonyl (C=O) groups excluding carboxylic acids is 1. The van der Waals surface area contributed by atoms with Gasteiger partial charge in [0.1, 0.15) is 5.75 Å². The summed E-state index contributed by atoms with van der Waals surface area (Å²) in [4.78, 5) is 12.9. The van der Waals surface area contributed by atoms with E-state index in [4.69, 9.17) is 4.74 Å². The Bertz CT molecular complexity index is 1120. The monoisotopic (exact) mass is 435 g/mol. The van der Waals surface area contributed by atoms with Crippen LogP contribution in [-0.4, -0.2) is 32.6 Å². The van der Waals surface area contributed by atoms with Crippen molar-refractivity contribution in [3.63, 3.8) is 0 Å². The van der Waals surface area contributed by atoms with Crippen molar-refractivity contribution in [2.75, 3.05) is 7.11 Å². The maximum Gasteiger partial charge on any atom is 0.220 e. The molecule has 0 spiro atoms. The molecule has 1 amide bonds. The Morgan fingerprint density at radius 3 is 2.59 bits per heavy atom. The zero-order valence-electron chi connectivity index (χ0n) is 19.9. The molecule has 4 rings (SSSR count). The molecule has 0 aliphatic heterocycles. The molecule has 7 heteroatoms. The van der Waals surface area contributed by atoms with E-state index in [9.17, 15) is 4.79 Å². The number of aryl methyl sites for hydroxylation is 2. The summed E-state index contributed by atoms with van der Waals surface area (Å²) in [5.41, 5.74) is 6.62.